The first-order valence-electron chi connectivity index (χ1n) is 7.30. The lowest BCUT2D eigenvalue weighted by molar-refractivity contribution is -0.536. The molecule has 0 spiro atoms. The van der Waals surface area contributed by atoms with Crippen LogP contribution in [0.15, 0.2) is 0 Å². The quantitative estimate of drug-likeness (QED) is 0.349. The first kappa shape index (κ1) is 17.4. The maximum absolute atomic E-state index is 10.9. The van der Waals surface area contributed by atoms with Gasteiger partial charge < -0.3 is 5.11 Å². The molecule has 0 saturated heterocycles. The molecule has 108 valence electrons. The fourth-order valence-electron chi connectivity index (χ4n) is 2.19. The lowest BCUT2D eigenvalue weighted by Gasteiger charge is -2.17. The minimum Gasteiger partial charge on any atom is -0.386 e. The van der Waals surface area contributed by atoms with Crippen LogP contribution in [0.25, 0.3) is 0 Å². The molecule has 18 heavy (non-hydrogen) atoms. The van der Waals surface area contributed by atoms with Gasteiger partial charge in [-0.2, -0.15) is 0 Å². The zero-order chi connectivity index (χ0) is 14.0. The molecule has 0 aliphatic heterocycles. The van der Waals surface area contributed by atoms with E-state index < -0.39 is 12.1 Å². The van der Waals surface area contributed by atoms with Crippen molar-refractivity contribution in [3.05, 3.63) is 10.1 Å². The molecule has 2 atom stereocenters. The van der Waals surface area contributed by atoms with E-state index in [0.717, 1.165) is 12.8 Å². The lowest BCUT2D eigenvalue weighted by atomic mass is 9.96. The van der Waals surface area contributed by atoms with Gasteiger partial charge in [0, 0.05) is 11.3 Å². The summed E-state index contributed by atoms with van der Waals surface area (Å²) >= 11 is 0. The molecular formula is C14H29NO3. The van der Waals surface area contributed by atoms with Crippen molar-refractivity contribution in [1.82, 2.24) is 0 Å². The highest BCUT2D eigenvalue weighted by Crippen LogP contribution is 2.16. The van der Waals surface area contributed by atoms with E-state index in [2.05, 4.69) is 6.92 Å². The summed E-state index contributed by atoms with van der Waals surface area (Å²) in [5.74, 6) is 0.250. The van der Waals surface area contributed by atoms with E-state index in [-0.39, 0.29) is 10.8 Å². The van der Waals surface area contributed by atoms with Gasteiger partial charge in [-0.3, -0.25) is 10.1 Å². The lowest BCUT2D eigenvalue weighted by Crippen LogP contribution is -2.34. The molecule has 0 bridgehead atoms. The van der Waals surface area contributed by atoms with Crippen LogP contribution in [0.1, 0.15) is 72.1 Å². The summed E-state index contributed by atoms with van der Waals surface area (Å²) in [6.45, 7) is 6.08. The minimum atomic E-state index is -0.791. The predicted molar refractivity (Wildman–Crippen MR) is 74.2 cm³/mol. The van der Waals surface area contributed by atoms with Crippen LogP contribution in [0.2, 0.25) is 0 Å². The van der Waals surface area contributed by atoms with Crippen molar-refractivity contribution < 1.29 is 10.0 Å². The van der Waals surface area contributed by atoms with Gasteiger partial charge in [-0.1, -0.05) is 59.3 Å². The van der Waals surface area contributed by atoms with Gasteiger partial charge in [0.2, 0.25) is 6.04 Å². The molecule has 4 heteroatoms. The molecule has 0 fully saturated rings. The Morgan fingerprint density at radius 2 is 1.67 bits per heavy atom. The number of aliphatic hydroxyl groups is 1. The summed E-state index contributed by atoms with van der Waals surface area (Å²) in [6.07, 6.45) is 7.10. The van der Waals surface area contributed by atoms with Gasteiger partial charge in [-0.25, -0.2) is 0 Å². The molecule has 0 saturated carbocycles. The highest BCUT2D eigenvalue weighted by Gasteiger charge is 2.29. The second-order valence-electron chi connectivity index (χ2n) is 5.61. The summed E-state index contributed by atoms with van der Waals surface area (Å²) < 4.78 is 0. The van der Waals surface area contributed by atoms with Crippen LogP contribution in [0.4, 0.5) is 0 Å². The molecule has 0 aromatic rings. The molecule has 0 amide bonds. The third-order valence-electron chi connectivity index (χ3n) is 3.28. The van der Waals surface area contributed by atoms with Gasteiger partial charge in [-0.05, 0) is 12.3 Å². The summed E-state index contributed by atoms with van der Waals surface area (Å²) in [6, 6.07) is -0.791. The van der Waals surface area contributed by atoms with E-state index in [1.54, 1.807) is 0 Å². The van der Waals surface area contributed by atoms with Gasteiger partial charge in [0.05, 0.1) is 0 Å². The van der Waals surface area contributed by atoms with Crippen LogP contribution in [0, 0.1) is 16.0 Å². The maximum Gasteiger partial charge on any atom is 0.238 e. The Kier molecular flexibility index (Phi) is 9.93. The van der Waals surface area contributed by atoms with E-state index in [0.29, 0.717) is 12.8 Å². The van der Waals surface area contributed by atoms with Gasteiger partial charge in [0.1, 0.15) is 6.10 Å². The number of hydrogen-bond donors (Lipinski definition) is 1. The predicted octanol–water partition coefficient (Wildman–Crippen LogP) is 3.79. The van der Waals surface area contributed by atoms with Crippen LogP contribution >= 0.6 is 0 Å². The average Bonchev–Trinajstić information content (AvgIpc) is 2.29. The zero-order valence-electron chi connectivity index (χ0n) is 12.1. The van der Waals surface area contributed by atoms with Gasteiger partial charge in [0.15, 0.2) is 0 Å². The molecular weight excluding hydrogens is 230 g/mol. The number of unbranched alkanes of at least 4 members (excludes halogenated alkanes) is 5. The van der Waals surface area contributed by atoms with Crippen molar-refractivity contribution in [3.63, 3.8) is 0 Å². The van der Waals surface area contributed by atoms with Crippen LogP contribution in [0.3, 0.4) is 0 Å². The second kappa shape index (κ2) is 10.3. The first-order chi connectivity index (χ1) is 8.49. The van der Waals surface area contributed by atoms with Gasteiger partial charge in [-0.15, -0.1) is 0 Å². The van der Waals surface area contributed by atoms with Crippen LogP contribution < -0.4 is 0 Å². The molecule has 0 aliphatic rings. The van der Waals surface area contributed by atoms with Crippen molar-refractivity contribution in [3.8, 4) is 0 Å². The highest BCUT2D eigenvalue weighted by atomic mass is 16.6. The van der Waals surface area contributed by atoms with Crippen molar-refractivity contribution in [1.29, 1.82) is 0 Å². The van der Waals surface area contributed by atoms with E-state index in [1.165, 1.54) is 25.7 Å². The zero-order valence-corrected chi connectivity index (χ0v) is 12.1. The monoisotopic (exact) mass is 259 g/mol. The Balaban J connectivity index is 3.82. The van der Waals surface area contributed by atoms with Crippen LogP contribution in [0.5, 0.6) is 0 Å². The molecule has 0 aromatic carbocycles. The van der Waals surface area contributed by atoms with Crippen molar-refractivity contribution >= 4 is 0 Å². The number of aliphatic hydroxyl groups excluding tert-OH is 1. The number of hydrogen-bond acceptors (Lipinski definition) is 3. The minimum absolute atomic E-state index is 0.250. The molecule has 0 radical (unpaired) electrons. The standard InChI is InChI=1S/C14H29NO3/c1-4-5-6-7-8-9-10-14(16)13(15(17)18)11-12(2)3/h12-14,16H,4-11H2,1-3H3/t13-,14-/m0/s1. The summed E-state index contributed by atoms with van der Waals surface area (Å²) in [5.41, 5.74) is 0. The number of rotatable bonds is 11. The van der Waals surface area contributed by atoms with Gasteiger partial charge >= 0.3 is 0 Å². The molecule has 0 heterocycles. The van der Waals surface area contributed by atoms with E-state index in [4.69, 9.17) is 0 Å². The molecule has 0 rings (SSSR count). The maximum atomic E-state index is 10.9. The third kappa shape index (κ3) is 8.45. The topological polar surface area (TPSA) is 63.4 Å². The summed E-state index contributed by atoms with van der Waals surface area (Å²) in [7, 11) is 0. The molecule has 0 aliphatic carbocycles. The average molecular weight is 259 g/mol. The summed E-state index contributed by atoms with van der Waals surface area (Å²) in [4.78, 5) is 10.6. The van der Waals surface area contributed by atoms with Crippen molar-refractivity contribution in [2.45, 2.75) is 84.3 Å². The Morgan fingerprint density at radius 3 is 2.17 bits per heavy atom. The molecule has 0 aromatic heterocycles. The fraction of sp³-hybridized carbons (Fsp3) is 1.00. The Morgan fingerprint density at radius 1 is 1.11 bits per heavy atom. The SMILES string of the molecule is CCCCCCCC[C@H](O)[C@H](CC(C)C)[N+](=O)[O-]. The molecule has 0 unspecified atom stereocenters. The smallest absolute Gasteiger partial charge is 0.238 e. The molecule has 4 nitrogen and oxygen atoms in total. The number of nitro groups is 1. The largest absolute Gasteiger partial charge is 0.386 e. The third-order valence-corrected chi connectivity index (χ3v) is 3.28. The summed E-state index contributed by atoms with van der Waals surface area (Å²) in [5, 5.41) is 20.8. The highest BCUT2D eigenvalue weighted by molar-refractivity contribution is 4.70. The molecule has 1 N–H and O–H groups in total. The van der Waals surface area contributed by atoms with Gasteiger partial charge in [0.25, 0.3) is 0 Å². The van der Waals surface area contributed by atoms with E-state index >= 15 is 0 Å². The van der Waals surface area contributed by atoms with Crippen LogP contribution in [-0.2, 0) is 0 Å². The van der Waals surface area contributed by atoms with E-state index in [9.17, 15) is 15.2 Å². The Hall–Kier alpha value is -0.640. The van der Waals surface area contributed by atoms with E-state index in [1.807, 2.05) is 13.8 Å². The first-order valence-corrected chi connectivity index (χ1v) is 7.30. The Bertz CT molecular complexity index is 219. The second-order valence-corrected chi connectivity index (χ2v) is 5.61. The van der Waals surface area contributed by atoms with Crippen molar-refractivity contribution in [2.75, 3.05) is 0 Å². The fourth-order valence-corrected chi connectivity index (χ4v) is 2.19. The van der Waals surface area contributed by atoms with Crippen molar-refractivity contribution in [2.24, 2.45) is 5.92 Å². The Labute approximate surface area is 111 Å². The normalized spacial score (nSPS) is 14.7. The number of nitrogens with zero attached hydrogens (tertiary/aromatic N) is 1. The van der Waals surface area contributed by atoms with Crippen LogP contribution in [-0.4, -0.2) is 22.2 Å².